The molecule has 1 aliphatic heterocycles. The molecule has 0 spiro atoms. The predicted octanol–water partition coefficient (Wildman–Crippen LogP) is 4.12. The SMILES string of the molecule is Cc1ccccc1C(=O)N1CC[C@@H](Nc2nc3ccc(Cl)cc3o2)C1. The highest BCUT2D eigenvalue weighted by Crippen LogP contribution is 2.24. The molecule has 1 fully saturated rings. The molecule has 1 aliphatic rings. The van der Waals surface area contributed by atoms with Gasteiger partial charge in [0.2, 0.25) is 0 Å². The van der Waals surface area contributed by atoms with Crippen LogP contribution >= 0.6 is 11.6 Å². The normalized spacial score (nSPS) is 17.2. The van der Waals surface area contributed by atoms with E-state index in [1.54, 1.807) is 12.1 Å². The van der Waals surface area contributed by atoms with Crippen LogP contribution in [0.5, 0.6) is 0 Å². The minimum atomic E-state index is 0.0757. The Hall–Kier alpha value is -2.53. The number of hydrogen-bond donors (Lipinski definition) is 1. The third-order valence-corrected chi connectivity index (χ3v) is 4.76. The first-order chi connectivity index (χ1) is 12.1. The van der Waals surface area contributed by atoms with E-state index in [9.17, 15) is 4.79 Å². The molecule has 0 radical (unpaired) electrons. The van der Waals surface area contributed by atoms with Crippen LogP contribution in [-0.4, -0.2) is 34.9 Å². The highest BCUT2D eigenvalue weighted by molar-refractivity contribution is 6.31. The number of halogens is 1. The van der Waals surface area contributed by atoms with Crippen molar-refractivity contribution in [2.45, 2.75) is 19.4 Å². The smallest absolute Gasteiger partial charge is 0.295 e. The van der Waals surface area contributed by atoms with Crippen molar-refractivity contribution >= 4 is 34.6 Å². The summed E-state index contributed by atoms with van der Waals surface area (Å²) in [5.41, 5.74) is 3.18. The highest BCUT2D eigenvalue weighted by Gasteiger charge is 2.28. The fourth-order valence-corrected chi connectivity index (χ4v) is 3.34. The number of nitrogens with zero attached hydrogens (tertiary/aromatic N) is 2. The molecule has 128 valence electrons. The number of hydrogen-bond acceptors (Lipinski definition) is 4. The molecule has 2 heterocycles. The van der Waals surface area contributed by atoms with E-state index in [1.165, 1.54) is 0 Å². The zero-order chi connectivity index (χ0) is 17.4. The summed E-state index contributed by atoms with van der Waals surface area (Å²) >= 11 is 5.97. The minimum absolute atomic E-state index is 0.0757. The zero-order valence-corrected chi connectivity index (χ0v) is 14.6. The van der Waals surface area contributed by atoms with Crippen molar-refractivity contribution in [1.82, 2.24) is 9.88 Å². The van der Waals surface area contributed by atoms with Crippen molar-refractivity contribution in [3.63, 3.8) is 0 Å². The van der Waals surface area contributed by atoms with Crippen LogP contribution in [0.1, 0.15) is 22.3 Å². The van der Waals surface area contributed by atoms with Gasteiger partial charge >= 0.3 is 0 Å². The highest BCUT2D eigenvalue weighted by atomic mass is 35.5. The number of nitrogens with one attached hydrogen (secondary N) is 1. The van der Waals surface area contributed by atoms with Gasteiger partial charge in [-0.3, -0.25) is 4.79 Å². The molecular weight excluding hydrogens is 338 g/mol. The molecule has 4 rings (SSSR count). The Balaban J connectivity index is 1.45. The van der Waals surface area contributed by atoms with E-state index in [0.29, 0.717) is 23.2 Å². The Morgan fingerprint density at radius 2 is 2.16 bits per heavy atom. The Labute approximate surface area is 150 Å². The van der Waals surface area contributed by atoms with Gasteiger partial charge in [-0.25, -0.2) is 0 Å². The number of fused-ring (bicyclic) bond motifs is 1. The van der Waals surface area contributed by atoms with E-state index < -0.39 is 0 Å². The quantitative estimate of drug-likeness (QED) is 0.768. The van der Waals surface area contributed by atoms with Gasteiger partial charge in [-0.15, -0.1) is 0 Å². The van der Waals surface area contributed by atoms with Crippen molar-refractivity contribution in [3.05, 3.63) is 58.6 Å². The molecule has 3 aromatic rings. The number of oxazole rings is 1. The molecule has 0 unspecified atom stereocenters. The number of aryl methyl sites for hydroxylation is 1. The summed E-state index contributed by atoms with van der Waals surface area (Å²) in [5, 5.41) is 3.90. The van der Waals surface area contributed by atoms with E-state index in [1.807, 2.05) is 42.2 Å². The lowest BCUT2D eigenvalue weighted by atomic mass is 10.1. The van der Waals surface area contributed by atoms with E-state index in [-0.39, 0.29) is 11.9 Å². The van der Waals surface area contributed by atoms with Gasteiger partial charge in [0.25, 0.3) is 11.9 Å². The van der Waals surface area contributed by atoms with Crippen LogP contribution in [0.4, 0.5) is 6.01 Å². The van der Waals surface area contributed by atoms with Gasteiger partial charge in [-0.1, -0.05) is 29.8 Å². The summed E-state index contributed by atoms with van der Waals surface area (Å²) in [5.74, 6) is 0.0757. The van der Waals surface area contributed by atoms with Crippen LogP contribution < -0.4 is 5.32 Å². The molecule has 0 bridgehead atoms. The second-order valence-corrected chi connectivity index (χ2v) is 6.76. The summed E-state index contributed by atoms with van der Waals surface area (Å²) in [4.78, 5) is 19.0. The molecule has 5 nitrogen and oxygen atoms in total. The number of benzene rings is 2. The Kier molecular flexibility index (Phi) is 4.09. The molecule has 1 N–H and O–H groups in total. The molecule has 25 heavy (non-hydrogen) atoms. The van der Waals surface area contributed by atoms with Gasteiger partial charge in [-0.05, 0) is 37.1 Å². The third kappa shape index (κ3) is 3.20. The van der Waals surface area contributed by atoms with Gasteiger partial charge in [0.05, 0.1) is 0 Å². The maximum Gasteiger partial charge on any atom is 0.295 e. The summed E-state index contributed by atoms with van der Waals surface area (Å²) < 4.78 is 5.70. The molecule has 1 aromatic heterocycles. The molecule has 1 saturated heterocycles. The van der Waals surface area contributed by atoms with Gasteiger partial charge in [-0.2, -0.15) is 4.98 Å². The van der Waals surface area contributed by atoms with Crippen molar-refractivity contribution in [2.75, 3.05) is 18.4 Å². The lowest BCUT2D eigenvalue weighted by Gasteiger charge is -2.17. The maximum absolute atomic E-state index is 12.7. The van der Waals surface area contributed by atoms with E-state index in [0.717, 1.165) is 29.6 Å². The first kappa shape index (κ1) is 16.0. The fourth-order valence-electron chi connectivity index (χ4n) is 3.18. The van der Waals surface area contributed by atoms with Crippen LogP contribution in [0.3, 0.4) is 0 Å². The summed E-state index contributed by atoms with van der Waals surface area (Å²) in [6.45, 7) is 3.31. The minimum Gasteiger partial charge on any atom is -0.423 e. The lowest BCUT2D eigenvalue weighted by molar-refractivity contribution is 0.0791. The largest absolute Gasteiger partial charge is 0.423 e. The number of aromatic nitrogens is 1. The number of amides is 1. The molecule has 1 amide bonds. The topological polar surface area (TPSA) is 58.4 Å². The van der Waals surface area contributed by atoms with Gasteiger partial charge in [0.15, 0.2) is 5.58 Å². The Bertz CT molecular complexity index is 937. The number of carbonyl (C=O) groups excluding carboxylic acids is 1. The standard InChI is InChI=1S/C19H18ClN3O2/c1-12-4-2-3-5-15(12)18(24)23-9-8-14(11-23)21-19-22-16-7-6-13(20)10-17(16)25-19/h2-7,10,14H,8-9,11H2,1H3,(H,21,22)/t14-/m1/s1. The van der Waals surface area contributed by atoms with E-state index in [4.69, 9.17) is 16.0 Å². The Morgan fingerprint density at radius 1 is 1.32 bits per heavy atom. The van der Waals surface area contributed by atoms with E-state index >= 15 is 0 Å². The Morgan fingerprint density at radius 3 is 3.00 bits per heavy atom. The fraction of sp³-hybridized carbons (Fsp3) is 0.263. The molecule has 6 heteroatoms. The average molecular weight is 356 g/mol. The zero-order valence-electron chi connectivity index (χ0n) is 13.8. The number of anilines is 1. The lowest BCUT2D eigenvalue weighted by Crippen LogP contribution is -2.32. The van der Waals surface area contributed by atoms with Crippen molar-refractivity contribution in [2.24, 2.45) is 0 Å². The van der Waals surface area contributed by atoms with Crippen LogP contribution in [0, 0.1) is 6.92 Å². The molecule has 2 aromatic carbocycles. The number of likely N-dealkylation sites (tertiary alicyclic amines) is 1. The van der Waals surface area contributed by atoms with Crippen molar-refractivity contribution in [3.8, 4) is 0 Å². The summed E-state index contributed by atoms with van der Waals surface area (Å²) in [6.07, 6.45) is 0.858. The van der Waals surface area contributed by atoms with Crippen molar-refractivity contribution in [1.29, 1.82) is 0 Å². The number of carbonyl (C=O) groups is 1. The molecular formula is C19H18ClN3O2. The molecule has 0 aliphatic carbocycles. The van der Waals surface area contributed by atoms with Gasteiger partial charge in [0.1, 0.15) is 5.52 Å². The summed E-state index contributed by atoms with van der Waals surface area (Å²) in [6, 6.07) is 13.6. The van der Waals surface area contributed by atoms with Crippen LogP contribution in [-0.2, 0) is 0 Å². The van der Waals surface area contributed by atoms with Crippen LogP contribution in [0.25, 0.3) is 11.1 Å². The van der Waals surface area contributed by atoms with Crippen LogP contribution in [0.15, 0.2) is 46.9 Å². The van der Waals surface area contributed by atoms with Crippen LogP contribution in [0.2, 0.25) is 5.02 Å². The molecule has 0 saturated carbocycles. The van der Waals surface area contributed by atoms with E-state index in [2.05, 4.69) is 10.3 Å². The van der Waals surface area contributed by atoms with Gasteiger partial charge < -0.3 is 14.6 Å². The first-order valence-corrected chi connectivity index (χ1v) is 8.65. The molecule has 1 atom stereocenters. The van der Waals surface area contributed by atoms with Gasteiger partial charge in [0, 0.05) is 35.8 Å². The van der Waals surface area contributed by atoms with Crippen molar-refractivity contribution < 1.29 is 9.21 Å². The second kappa shape index (κ2) is 6.41. The second-order valence-electron chi connectivity index (χ2n) is 6.33. The maximum atomic E-state index is 12.7. The average Bonchev–Trinajstić information content (AvgIpc) is 3.21. The first-order valence-electron chi connectivity index (χ1n) is 8.28. The monoisotopic (exact) mass is 355 g/mol. The summed E-state index contributed by atoms with van der Waals surface area (Å²) in [7, 11) is 0. The predicted molar refractivity (Wildman–Crippen MR) is 98.1 cm³/mol. The number of rotatable bonds is 3. The third-order valence-electron chi connectivity index (χ3n) is 4.53.